The average Bonchev–Trinajstić information content (AvgIpc) is 2.75. The Morgan fingerprint density at radius 2 is 1.71 bits per heavy atom. The molecule has 1 amide bonds. The molecular weight excluding hydrogens is 464 g/mol. The van der Waals surface area contributed by atoms with E-state index in [-0.39, 0.29) is 11.1 Å². The first-order valence-electron chi connectivity index (χ1n) is 10.6. The van der Waals surface area contributed by atoms with Gasteiger partial charge in [-0.05, 0) is 31.6 Å². The number of rotatable bonds is 3. The highest BCUT2D eigenvalue weighted by Crippen LogP contribution is 2.56. The van der Waals surface area contributed by atoms with Crippen molar-refractivity contribution < 1.29 is 49.8 Å². The van der Waals surface area contributed by atoms with Gasteiger partial charge in [0, 0.05) is 11.5 Å². The van der Waals surface area contributed by atoms with Gasteiger partial charge in [-0.25, -0.2) is 4.79 Å². The summed E-state index contributed by atoms with van der Waals surface area (Å²) in [5, 5.41) is 64.7. The zero-order valence-electron chi connectivity index (χ0n) is 18.9. The van der Waals surface area contributed by atoms with Crippen LogP contribution in [0.25, 0.3) is 5.76 Å². The summed E-state index contributed by atoms with van der Waals surface area (Å²) >= 11 is 0. The smallest absolute Gasteiger partial charge is 0.339 e. The lowest BCUT2D eigenvalue weighted by Gasteiger charge is -2.53. The number of hydrogen-bond donors (Lipinski definition) is 7. The number of Topliss-reactive ketones (excluding diaryl/α,β-unsaturated/α-hetero) is 2. The summed E-state index contributed by atoms with van der Waals surface area (Å²) < 4.78 is 0. The van der Waals surface area contributed by atoms with Gasteiger partial charge in [-0.15, -0.1) is 0 Å². The van der Waals surface area contributed by atoms with E-state index in [4.69, 9.17) is 5.73 Å². The molecule has 1 fully saturated rings. The molecule has 4 rings (SSSR count). The molecule has 0 radical (unpaired) electrons. The number of carbonyl (C=O) groups excluding carboxylic acids is 3. The van der Waals surface area contributed by atoms with Gasteiger partial charge in [-0.2, -0.15) is 0 Å². The van der Waals surface area contributed by atoms with Crippen molar-refractivity contribution in [2.45, 2.75) is 30.6 Å². The monoisotopic (exact) mass is 488 g/mol. The fourth-order valence-electron chi connectivity index (χ4n) is 5.79. The molecule has 35 heavy (non-hydrogen) atoms. The molecule has 0 aromatic heterocycles. The zero-order valence-corrected chi connectivity index (χ0v) is 18.9. The van der Waals surface area contributed by atoms with E-state index < -0.39 is 92.9 Å². The van der Waals surface area contributed by atoms with Gasteiger partial charge in [-0.3, -0.25) is 19.3 Å². The van der Waals surface area contributed by atoms with E-state index in [1.807, 2.05) is 0 Å². The molecule has 3 aliphatic rings. The highest BCUT2D eigenvalue weighted by molar-refractivity contribution is 6.24. The number of aliphatic hydroxyl groups excluding tert-OH is 3. The van der Waals surface area contributed by atoms with Gasteiger partial charge in [0.15, 0.2) is 11.4 Å². The van der Waals surface area contributed by atoms with Gasteiger partial charge in [0.2, 0.25) is 5.78 Å². The van der Waals surface area contributed by atoms with Crippen molar-refractivity contribution >= 4 is 29.2 Å². The highest BCUT2D eigenvalue weighted by atomic mass is 16.4. The van der Waals surface area contributed by atoms with Crippen molar-refractivity contribution in [1.82, 2.24) is 4.90 Å². The number of likely N-dealkylation sites (N-methyl/N-ethyl adjacent to an activating group) is 1. The Hall–Kier alpha value is -3.74. The van der Waals surface area contributed by atoms with Crippen LogP contribution in [0.2, 0.25) is 0 Å². The van der Waals surface area contributed by atoms with Crippen LogP contribution in [0.3, 0.4) is 0 Å². The van der Waals surface area contributed by atoms with Crippen LogP contribution in [-0.4, -0.2) is 90.8 Å². The Balaban J connectivity index is 2.07. The van der Waals surface area contributed by atoms with Crippen LogP contribution in [0.1, 0.15) is 34.3 Å². The molecule has 6 atom stereocenters. The quantitative estimate of drug-likeness (QED) is 0.261. The molecule has 0 bridgehead atoms. The molecule has 12 nitrogen and oxygen atoms in total. The minimum absolute atomic E-state index is 0.220. The van der Waals surface area contributed by atoms with E-state index in [9.17, 15) is 49.8 Å². The van der Waals surface area contributed by atoms with Gasteiger partial charge in [-0.1, -0.05) is 13.0 Å². The van der Waals surface area contributed by atoms with Crippen molar-refractivity contribution in [2.75, 3.05) is 14.1 Å². The van der Waals surface area contributed by atoms with Crippen LogP contribution in [-0.2, 0) is 14.4 Å². The molecule has 0 heterocycles. The zero-order chi connectivity index (χ0) is 26.3. The standard InChI is InChI=1S/C23H24N2O10/c1-6-7-4-5-8(22(33)34)15(26)10(7)16(27)11-9(6)17(28)13-14(25(2)3)18(29)12(21(24)32)20(31)23(13,35)19(11)30/h4-6,9,13-14,17,26-28,31,35H,1-3H3,(H2,24,32)(H,33,34)/t6-,9+,13+,14-,17-,23-/m0/s1. The normalized spacial score (nSPS) is 32.3. The summed E-state index contributed by atoms with van der Waals surface area (Å²) in [7, 11) is 2.82. The number of nitrogens with zero attached hydrogens (tertiary/aromatic N) is 1. The van der Waals surface area contributed by atoms with E-state index in [0.29, 0.717) is 0 Å². The maximum Gasteiger partial charge on any atom is 0.339 e. The lowest BCUT2D eigenvalue weighted by Crippen LogP contribution is -2.70. The number of aromatic carboxylic acids is 1. The minimum atomic E-state index is -3.02. The molecule has 0 saturated heterocycles. The molecule has 12 heteroatoms. The summed E-state index contributed by atoms with van der Waals surface area (Å²) in [5.41, 5.74) is -0.0870. The first-order chi connectivity index (χ1) is 16.2. The van der Waals surface area contributed by atoms with Crippen LogP contribution >= 0.6 is 0 Å². The second-order valence-corrected chi connectivity index (χ2v) is 9.28. The third-order valence-electron chi connectivity index (χ3n) is 7.36. The summed E-state index contributed by atoms with van der Waals surface area (Å²) in [5.74, 6) is -12.0. The van der Waals surface area contributed by atoms with Gasteiger partial charge < -0.3 is 36.4 Å². The molecule has 0 spiro atoms. The number of fused-ring (bicyclic) bond motifs is 3. The Morgan fingerprint density at radius 1 is 1.11 bits per heavy atom. The molecule has 0 unspecified atom stereocenters. The molecule has 186 valence electrons. The summed E-state index contributed by atoms with van der Waals surface area (Å²) in [6.45, 7) is 1.55. The van der Waals surface area contributed by atoms with Gasteiger partial charge in [0.25, 0.3) is 5.91 Å². The third-order valence-corrected chi connectivity index (χ3v) is 7.36. The minimum Gasteiger partial charge on any atom is -0.508 e. The number of benzene rings is 1. The predicted molar refractivity (Wildman–Crippen MR) is 117 cm³/mol. The molecule has 1 saturated carbocycles. The van der Waals surface area contributed by atoms with E-state index in [1.165, 1.54) is 25.1 Å². The lowest BCUT2D eigenvalue weighted by atomic mass is 9.54. The maximum atomic E-state index is 13.8. The Bertz CT molecular complexity index is 1280. The summed E-state index contributed by atoms with van der Waals surface area (Å²) in [6, 6.07) is 0.989. The van der Waals surface area contributed by atoms with Crippen LogP contribution in [0.4, 0.5) is 0 Å². The predicted octanol–water partition coefficient (Wildman–Crippen LogP) is -0.806. The summed E-state index contributed by atoms with van der Waals surface area (Å²) in [4.78, 5) is 51.6. The van der Waals surface area contributed by atoms with E-state index in [2.05, 4.69) is 0 Å². The largest absolute Gasteiger partial charge is 0.508 e. The fourth-order valence-corrected chi connectivity index (χ4v) is 5.79. The number of carboxylic acids is 1. The maximum absolute atomic E-state index is 13.8. The molecule has 1 aromatic carbocycles. The second kappa shape index (κ2) is 7.63. The number of primary amides is 1. The van der Waals surface area contributed by atoms with Crippen LogP contribution in [0, 0.1) is 11.8 Å². The molecule has 8 N–H and O–H groups in total. The first kappa shape index (κ1) is 24.4. The number of carbonyl (C=O) groups is 4. The van der Waals surface area contributed by atoms with Gasteiger partial charge in [0.05, 0.1) is 23.6 Å². The topological polar surface area (TPSA) is 219 Å². The summed E-state index contributed by atoms with van der Waals surface area (Å²) in [6.07, 6.45) is -1.72. The average molecular weight is 488 g/mol. The second-order valence-electron chi connectivity index (χ2n) is 9.28. The van der Waals surface area contributed by atoms with Crippen LogP contribution < -0.4 is 5.73 Å². The van der Waals surface area contributed by atoms with Crippen LogP contribution in [0.15, 0.2) is 29.0 Å². The number of carboxylic acid groups (broad SMARTS) is 1. The van der Waals surface area contributed by atoms with Crippen molar-refractivity contribution in [3.8, 4) is 5.75 Å². The number of phenols is 1. The van der Waals surface area contributed by atoms with E-state index in [0.717, 1.165) is 6.07 Å². The number of hydrogen-bond acceptors (Lipinski definition) is 10. The van der Waals surface area contributed by atoms with E-state index in [1.54, 1.807) is 6.92 Å². The van der Waals surface area contributed by atoms with Crippen molar-refractivity contribution in [2.24, 2.45) is 17.6 Å². The Morgan fingerprint density at radius 3 is 2.23 bits per heavy atom. The van der Waals surface area contributed by atoms with Crippen LogP contribution in [0.5, 0.6) is 5.75 Å². The SMILES string of the molecule is C[C@H]1c2ccc(C(=O)O)c(O)c2C(O)=C2C(=O)[C@]3(O)C(O)=C(C(N)=O)C(=O)[C@@H](N(C)C)[C@@H]3[C@@H](O)[C@@H]21. The van der Waals surface area contributed by atoms with E-state index >= 15 is 0 Å². The number of amides is 1. The molecular formula is C23H24N2O10. The van der Waals surface area contributed by atoms with Crippen molar-refractivity contribution in [3.63, 3.8) is 0 Å². The Labute approximate surface area is 198 Å². The lowest BCUT2D eigenvalue weighted by molar-refractivity contribution is -0.169. The molecule has 1 aromatic rings. The molecule has 3 aliphatic carbocycles. The first-order valence-corrected chi connectivity index (χ1v) is 10.6. The Kier molecular flexibility index (Phi) is 5.32. The number of ketones is 2. The van der Waals surface area contributed by atoms with Crippen molar-refractivity contribution in [3.05, 3.63) is 45.7 Å². The highest BCUT2D eigenvalue weighted by Gasteiger charge is 2.68. The third kappa shape index (κ3) is 2.90. The van der Waals surface area contributed by atoms with Crippen molar-refractivity contribution in [1.29, 1.82) is 0 Å². The number of aromatic hydroxyl groups is 1. The number of aliphatic hydroxyl groups is 4. The van der Waals surface area contributed by atoms with Gasteiger partial charge in [0.1, 0.15) is 28.4 Å². The number of nitrogens with two attached hydrogens (primary N) is 1. The fraction of sp³-hybridized carbons (Fsp3) is 0.391. The molecule has 0 aliphatic heterocycles. The van der Waals surface area contributed by atoms with Gasteiger partial charge >= 0.3 is 5.97 Å².